The molecule has 17 heavy (non-hydrogen) atoms. The van der Waals surface area contributed by atoms with Crippen LogP contribution in [0.3, 0.4) is 0 Å². The van der Waals surface area contributed by atoms with Gasteiger partial charge in [0.1, 0.15) is 0 Å². The van der Waals surface area contributed by atoms with E-state index in [0.717, 1.165) is 0 Å². The molecule has 0 N–H and O–H groups in total. The highest BCUT2D eigenvalue weighted by Gasteiger charge is 2.22. The van der Waals surface area contributed by atoms with Gasteiger partial charge in [-0.3, -0.25) is 0 Å². The Bertz CT molecular complexity index is 611. The second-order valence-electron chi connectivity index (χ2n) is 3.51. The van der Waals surface area contributed by atoms with Gasteiger partial charge in [0.2, 0.25) is 0 Å². The van der Waals surface area contributed by atoms with Gasteiger partial charge in [0.15, 0.2) is 23.0 Å². The first-order chi connectivity index (χ1) is 8.13. The lowest BCUT2D eigenvalue weighted by molar-refractivity contribution is 0.360. The van der Waals surface area contributed by atoms with Crippen LogP contribution in [0.4, 0.5) is 0 Å². The first-order valence-electron chi connectivity index (χ1n) is 4.78. The minimum absolute atomic E-state index is 0.410. The molecule has 0 unspecified atom stereocenters. The Hall–Kier alpha value is -1.09. The van der Waals surface area contributed by atoms with Crippen LogP contribution in [0.5, 0.6) is 23.0 Å². The first-order valence-corrected chi connectivity index (χ1v) is 5.91. The maximum Gasteiger partial charge on any atom is 0.188 e. The van der Waals surface area contributed by atoms with Crippen LogP contribution in [-0.2, 0) is 0 Å². The second kappa shape index (κ2) is 3.98. The number of hydrogen-bond acceptors (Lipinski definition) is 2. The van der Waals surface area contributed by atoms with Crippen molar-refractivity contribution in [2.24, 2.45) is 0 Å². The highest BCUT2D eigenvalue weighted by Crippen LogP contribution is 2.50. The Balaban J connectivity index is 2.14. The summed E-state index contributed by atoms with van der Waals surface area (Å²) in [6.07, 6.45) is 0. The summed E-state index contributed by atoms with van der Waals surface area (Å²) in [7, 11) is 0. The maximum atomic E-state index is 6.03. The van der Waals surface area contributed by atoms with Crippen molar-refractivity contribution in [3.8, 4) is 23.0 Å². The smallest absolute Gasteiger partial charge is 0.188 e. The number of fused-ring (bicyclic) bond motifs is 2. The van der Waals surface area contributed by atoms with Crippen LogP contribution in [0.15, 0.2) is 30.3 Å². The molecule has 0 fully saturated rings. The van der Waals surface area contributed by atoms with Gasteiger partial charge in [-0.2, -0.15) is 0 Å². The van der Waals surface area contributed by atoms with Gasteiger partial charge in [-0.15, -0.1) is 0 Å². The minimum atomic E-state index is 0.410. The Morgan fingerprint density at radius 1 is 0.706 bits per heavy atom. The quantitative estimate of drug-likeness (QED) is 0.540. The Morgan fingerprint density at radius 2 is 1.47 bits per heavy atom. The van der Waals surface area contributed by atoms with Crippen LogP contribution in [0.2, 0.25) is 15.1 Å². The summed E-state index contributed by atoms with van der Waals surface area (Å²) in [4.78, 5) is 0. The molecule has 2 nitrogen and oxygen atoms in total. The van der Waals surface area contributed by atoms with E-state index < -0.39 is 0 Å². The molecular formula is C12H5Cl3O2. The summed E-state index contributed by atoms with van der Waals surface area (Å²) >= 11 is 17.8. The average molecular weight is 288 g/mol. The molecule has 0 aromatic heterocycles. The van der Waals surface area contributed by atoms with Crippen LogP contribution in [0.25, 0.3) is 0 Å². The molecule has 1 heterocycles. The van der Waals surface area contributed by atoms with Gasteiger partial charge in [-0.1, -0.05) is 34.8 Å². The van der Waals surface area contributed by atoms with Gasteiger partial charge in [0.25, 0.3) is 0 Å². The third-order valence-corrected chi connectivity index (χ3v) is 3.05. The van der Waals surface area contributed by atoms with E-state index in [4.69, 9.17) is 44.3 Å². The Morgan fingerprint density at radius 3 is 2.29 bits per heavy atom. The fourth-order valence-electron chi connectivity index (χ4n) is 1.59. The van der Waals surface area contributed by atoms with Crippen molar-refractivity contribution in [3.63, 3.8) is 0 Å². The first kappa shape index (κ1) is 11.0. The highest BCUT2D eigenvalue weighted by molar-refractivity contribution is 6.36. The molecule has 1 aliphatic rings. The molecule has 86 valence electrons. The van der Waals surface area contributed by atoms with Gasteiger partial charge in [0, 0.05) is 22.2 Å². The maximum absolute atomic E-state index is 6.03. The normalized spacial score (nSPS) is 12.2. The van der Waals surface area contributed by atoms with E-state index in [1.165, 1.54) is 0 Å². The van der Waals surface area contributed by atoms with Crippen molar-refractivity contribution >= 4 is 34.8 Å². The molecule has 5 heteroatoms. The van der Waals surface area contributed by atoms with Gasteiger partial charge < -0.3 is 9.47 Å². The van der Waals surface area contributed by atoms with Gasteiger partial charge in [0.05, 0.1) is 5.02 Å². The van der Waals surface area contributed by atoms with E-state index in [1.54, 1.807) is 30.3 Å². The van der Waals surface area contributed by atoms with Crippen molar-refractivity contribution in [1.82, 2.24) is 0 Å². The summed E-state index contributed by atoms with van der Waals surface area (Å²) in [5.41, 5.74) is 0. The van der Waals surface area contributed by atoms with E-state index in [2.05, 4.69) is 0 Å². The Kier molecular flexibility index (Phi) is 2.58. The van der Waals surface area contributed by atoms with Crippen molar-refractivity contribution in [3.05, 3.63) is 45.4 Å². The van der Waals surface area contributed by atoms with Crippen molar-refractivity contribution < 1.29 is 9.47 Å². The van der Waals surface area contributed by atoms with Crippen LogP contribution in [0.1, 0.15) is 0 Å². The summed E-state index contributed by atoms with van der Waals surface area (Å²) in [5.74, 6) is 2.07. The zero-order valence-corrected chi connectivity index (χ0v) is 10.6. The van der Waals surface area contributed by atoms with Crippen molar-refractivity contribution in [2.45, 2.75) is 0 Å². The third kappa shape index (κ3) is 1.93. The average Bonchev–Trinajstić information content (AvgIpc) is 2.26. The van der Waals surface area contributed by atoms with E-state index in [1.807, 2.05) is 0 Å². The minimum Gasteiger partial charge on any atom is -0.449 e. The van der Waals surface area contributed by atoms with Crippen LogP contribution >= 0.6 is 34.8 Å². The molecule has 2 aromatic rings. The fraction of sp³-hybridized carbons (Fsp3) is 0. The monoisotopic (exact) mass is 286 g/mol. The van der Waals surface area contributed by atoms with E-state index in [-0.39, 0.29) is 0 Å². The molecule has 3 rings (SSSR count). The lowest BCUT2D eigenvalue weighted by Gasteiger charge is -2.21. The van der Waals surface area contributed by atoms with Crippen molar-refractivity contribution in [1.29, 1.82) is 0 Å². The second-order valence-corrected chi connectivity index (χ2v) is 4.79. The van der Waals surface area contributed by atoms with Crippen LogP contribution < -0.4 is 9.47 Å². The number of hydrogen-bond donors (Lipinski definition) is 0. The summed E-state index contributed by atoms with van der Waals surface area (Å²) in [6.45, 7) is 0. The van der Waals surface area contributed by atoms with E-state index in [0.29, 0.717) is 38.1 Å². The molecule has 0 amide bonds. The molecule has 0 spiro atoms. The topological polar surface area (TPSA) is 18.5 Å². The lowest BCUT2D eigenvalue weighted by Crippen LogP contribution is -1.99. The molecule has 1 aliphatic heterocycles. The molecular weight excluding hydrogens is 282 g/mol. The van der Waals surface area contributed by atoms with E-state index >= 15 is 0 Å². The van der Waals surface area contributed by atoms with Crippen molar-refractivity contribution in [2.75, 3.05) is 0 Å². The van der Waals surface area contributed by atoms with E-state index in [9.17, 15) is 0 Å². The number of ether oxygens (including phenoxy) is 2. The largest absolute Gasteiger partial charge is 0.449 e. The SMILES string of the molecule is Clc1ccc2c(c1)Oc1cc(Cl)cc(Cl)c1O2. The number of benzene rings is 2. The van der Waals surface area contributed by atoms with Crippen LogP contribution in [0, 0.1) is 0 Å². The molecule has 0 saturated heterocycles. The van der Waals surface area contributed by atoms with Gasteiger partial charge in [-0.25, -0.2) is 0 Å². The van der Waals surface area contributed by atoms with Crippen LogP contribution in [-0.4, -0.2) is 0 Å². The predicted octanol–water partition coefficient (Wildman–Crippen LogP) is 5.54. The number of rotatable bonds is 0. The zero-order chi connectivity index (χ0) is 12.0. The molecule has 0 aliphatic carbocycles. The lowest BCUT2D eigenvalue weighted by atomic mass is 10.2. The highest BCUT2D eigenvalue weighted by atomic mass is 35.5. The summed E-state index contributed by atoms with van der Waals surface area (Å²) in [6, 6.07) is 8.37. The molecule has 2 aromatic carbocycles. The molecule has 0 radical (unpaired) electrons. The zero-order valence-electron chi connectivity index (χ0n) is 8.34. The third-order valence-electron chi connectivity index (χ3n) is 2.31. The fourth-order valence-corrected chi connectivity index (χ4v) is 2.26. The van der Waals surface area contributed by atoms with Gasteiger partial charge >= 0.3 is 0 Å². The molecule has 0 atom stereocenters. The van der Waals surface area contributed by atoms with Gasteiger partial charge in [-0.05, 0) is 18.2 Å². The standard InChI is InChI=1S/C12H5Cl3O2/c13-6-1-2-9-10(4-6)16-11-5-7(14)3-8(15)12(11)17-9/h1-5H. The molecule has 0 saturated carbocycles. The molecule has 0 bridgehead atoms. The predicted molar refractivity (Wildman–Crippen MR) is 68.1 cm³/mol. The number of halogens is 3. The summed E-state index contributed by atoms with van der Waals surface area (Å²) in [5, 5.41) is 1.47. The Labute approximate surface area is 113 Å². The summed E-state index contributed by atoms with van der Waals surface area (Å²) < 4.78 is 11.3.